The van der Waals surface area contributed by atoms with Crippen molar-refractivity contribution in [1.82, 2.24) is 9.97 Å². The van der Waals surface area contributed by atoms with Gasteiger partial charge >= 0.3 is 0 Å². The molecular formula is C16H18Cl2N4O. The Morgan fingerprint density at radius 1 is 1.09 bits per heavy atom. The minimum Gasteiger partial charge on any atom is -0.341 e. The van der Waals surface area contributed by atoms with Gasteiger partial charge in [0.2, 0.25) is 5.95 Å². The smallest absolute Gasteiger partial charge is 0.274 e. The average molecular weight is 353 g/mol. The Morgan fingerprint density at radius 3 is 2.26 bits per heavy atom. The van der Waals surface area contributed by atoms with E-state index >= 15 is 0 Å². The fraction of sp³-hybridized carbons (Fsp3) is 0.312. The van der Waals surface area contributed by atoms with Crippen LogP contribution in [0.1, 0.15) is 30.0 Å². The maximum atomic E-state index is 12.4. The number of anilines is 2. The lowest BCUT2D eigenvalue weighted by Crippen LogP contribution is -2.26. The molecule has 0 aliphatic heterocycles. The molecule has 0 bridgehead atoms. The van der Waals surface area contributed by atoms with Crippen molar-refractivity contribution in [3.63, 3.8) is 0 Å². The molecule has 1 aromatic heterocycles. The predicted molar refractivity (Wildman–Crippen MR) is 94.7 cm³/mol. The summed E-state index contributed by atoms with van der Waals surface area (Å²) >= 11 is 11.9. The van der Waals surface area contributed by atoms with Crippen molar-refractivity contribution in [2.24, 2.45) is 0 Å². The van der Waals surface area contributed by atoms with Crippen molar-refractivity contribution in [3.05, 3.63) is 45.7 Å². The number of hydrogen-bond donors (Lipinski definition) is 1. The van der Waals surface area contributed by atoms with Crippen LogP contribution in [-0.4, -0.2) is 29.0 Å². The van der Waals surface area contributed by atoms with Gasteiger partial charge in [0.15, 0.2) is 0 Å². The summed E-state index contributed by atoms with van der Waals surface area (Å²) in [5.41, 5.74) is 1.56. The van der Waals surface area contributed by atoms with Crippen LogP contribution in [0.15, 0.2) is 24.3 Å². The van der Waals surface area contributed by atoms with Gasteiger partial charge in [0.1, 0.15) is 5.69 Å². The van der Waals surface area contributed by atoms with Crippen LogP contribution < -0.4 is 10.2 Å². The van der Waals surface area contributed by atoms with Crippen molar-refractivity contribution in [2.45, 2.75) is 20.8 Å². The number of nitrogens with zero attached hydrogens (tertiary/aromatic N) is 3. The molecular weight excluding hydrogens is 335 g/mol. The topological polar surface area (TPSA) is 58.1 Å². The number of benzene rings is 1. The molecule has 0 radical (unpaired) electrons. The predicted octanol–water partition coefficient (Wildman–Crippen LogP) is 4.19. The molecule has 0 spiro atoms. The summed E-state index contributed by atoms with van der Waals surface area (Å²) in [7, 11) is 0. The molecule has 1 heterocycles. The number of carbonyl (C=O) groups excluding carboxylic acids is 1. The van der Waals surface area contributed by atoms with E-state index < -0.39 is 0 Å². The number of aromatic nitrogens is 2. The minimum absolute atomic E-state index is 0.301. The minimum atomic E-state index is -0.331. The number of aryl methyl sites for hydroxylation is 1. The second kappa shape index (κ2) is 7.62. The second-order valence-electron chi connectivity index (χ2n) is 4.98. The zero-order valence-corrected chi connectivity index (χ0v) is 14.7. The van der Waals surface area contributed by atoms with Gasteiger partial charge in [-0.2, -0.15) is 0 Å². The molecule has 5 nitrogen and oxygen atoms in total. The Bertz CT molecular complexity index is 697. The molecule has 0 aliphatic rings. The number of halogens is 2. The highest BCUT2D eigenvalue weighted by Gasteiger charge is 2.14. The standard InChI is InChI=1S/C16H18Cl2N4O/c1-4-22(5-2)16-19-10(3)6-14(21-16)15(23)20-13-8-11(17)7-12(18)9-13/h6-9H,4-5H2,1-3H3,(H,20,23). The van der Waals surface area contributed by atoms with Gasteiger partial charge in [-0.15, -0.1) is 0 Å². The number of nitrogens with one attached hydrogen (secondary N) is 1. The van der Waals surface area contributed by atoms with Gasteiger partial charge in [-0.3, -0.25) is 4.79 Å². The van der Waals surface area contributed by atoms with Gasteiger partial charge in [-0.05, 0) is 45.0 Å². The van der Waals surface area contributed by atoms with Crippen molar-refractivity contribution in [2.75, 3.05) is 23.3 Å². The van der Waals surface area contributed by atoms with E-state index in [1.165, 1.54) is 0 Å². The van der Waals surface area contributed by atoms with Crippen LogP contribution in [-0.2, 0) is 0 Å². The Labute approximate surface area is 145 Å². The number of hydrogen-bond acceptors (Lipinski definition) is 4. The molecule has 23 heavy (non-hydrogen) atoms. The quantitative estimate of drug-likeness (QED) is 0.876. The summed E-state index contributed by atoms with van der Waals surface area (Å²) in [6.07, 6.45) is 0. The van der Waals surface area contributed by atoms with Crippen LogP contribution in [0.25, 0.3) is 0 Å². The first-order valence-electron chi connectivity index (χ1n) is 7.31. The first kappa shape index (κ1) is 17.5. The third-order valence-corrected chi connectivity index (χ3v) is 3.68. The molecule has 122 valence electrons. The molecule has 0 fully saturated rings. The lowest BCUT2D eigenvalue weighted by molar-refractivity contribution is 0.102. The molecule has 0 saturated heterocycles. The Hall–Kier alpha value is -1.85. The third-order valence-electron chi connectivity index (χ3n) is 3.24. The van der Waals surface area contributed by atoms with Crippen LogP contribution in [0.2, 0.25) is 10.0 Å². The molecule has 7 heteroatoms. The fourth-order valence-electron chi connectivity index (χ4n) is 2.14. The van der Waals surface area contributed by atoms with E-state index in [1.807, 2.05) is 25.7 Å². The molecule has 1 amide bonds. The fourth-order valence-corrected chi connectivity index (χ4v) is 2.66. The lowest BCUT2D eigenvalue weighted by Gasteiger charge is -2.19. The molecule has 2 rings (SSSR count). The summed E-state index contributed by atoms with van der Waals surface area (Å²) in [4.78, 5) is 23.2. The van der Waals surface area contributed by atoms with Crippen molar-refractivity contribution in [3.8, 4) is 0 Å². The maximum Gasteiger partial charge on any atom is 0.274 e. The van der Waals surface area contributed by atoms with E-state index in [9.17, 15) is 4.79 Å². The number of amides is 1. The molecule has 0 atom stereocenters. The summed E-state index contributed by atoms with van der Waals surface area (Å²) < 4.78 is 0. The molecule has 1 aromatic carbocycles. The Morgan fingerprint density at radius 2 is 1.70 bits per heavy atom. The largest absolute Gasteiger partial charge is 0.341 e. The van der Waals surface area contributed by atoms with Gasteiger partial charge < -0.3 is 10.2 Å². The maximum absolute atomic E-state index is 12.4. The third kappa shape index (κ3) is 4.56. The summed E-state index contributed by atoms with van der Waals surface area (Å²) in [5.74, 6) is 0.214. The van der Waals surface area contributed by atoms with Crippen molar-refractivity contribution in [1.29, 1.82) is 0 Å². The zero-order chi connectivity index (χ0) is 17.0. The summed E-state index contributed by atoms with van der Waals surface area (Å²) in [6.45, 7) is 7.41. The lowest BCUT2D eigenvalue weighted by atomic mass is 10.3. The molecule has 0 aliphatic carbocycles. The van der Waals surface area contributed by atoms with E-state index in [2.05, 4.69) is 15.3 Å². The molecule has 0 unspecified atom stereocenters. The Kier molecular flexibility index (Phi) is 5.80. The number of rotatable bonds is 5. The van der Waals surface area contributed by atoms with Crippen LogP contribution in [0, 0.1) is 6.92 Å². The van der Waals surface area contributed by atoms with Crippen LogP contribution in [0.4, 0.5) is 11.6 Å². The van der Waals surface area contributed by atoms with Gasteiger partial charge in [-0.1, -0.05) is 23.2 Å². The van der Waals surface area contributed by atoms with E-state index in [0.717, 1.165) is 18.8 Å². The Balaban J connectivity index is 2.28. The summed E-state index contributed by atoms with van der Waals surface area (Å²) in [6, 6.07) is 6.51. The van der Waals surface area contributed by atoms with Crippen LogP contribution in [0.3, 0.4) is 0 Å². The monoisotopic (exact) mass is 352 g/mol. The van der Waals surface area contributed by atoms with Crippen molar-refractivity contribution >= 4 is 40.7 Å². The molecule has 2 aromatic rings. The van der Waals surface area contributed by atoms with Gasteiger partial charge in [0.05, 0.1) is 0 Å². The molecule has 1 N–H and O–H groups in total. The first-order chi connectivity index (χ1) is 10.9. The first-order valence-corrected chi connectivity index (χ1v) is 8.06. The number of carbonyl (C=O) groups is 1. The van der Waals surface area contributed by atoms with E-state index in [0.29, 0.717) is 27.4 Å². The highest BCUT2D eigenvalue weighted by molar-refractivity contribution is 6.35. The average Bonchev–Trinajstić information content (AvgIpc) is 2.46. The van der Waals surface area contributed by atoms with E-state index in [-0.39, 0.29) is 5.91 Å². The van der Waals surface area contributed by atoms with Gasteiger partial charge in [0, 0.05) is 34.5 Å². The van der Waals surface area contributed by atoms with Crippen molar-refractivity contribution < 1.29 is 4.79 Å². The zero-order valence-electron chi connectivity index (χ0n) is 13.2. The normalized spacial score (nSPS) is 10.5. The van der Waals surface area contributed by atoms with Crippen LogP contribution >= 0.6 is 23.2 Å². The van der Waals surface area contributed by atoms with E-state index in [1.54, 1.807) is 24.3 Å². The SMILES string of the molecule is CCN(CC)c1nc(C)cc(C(=O)Nc2cc(Cl)cc(Cl)c2)n1. The highest BCUT2D eigenvalue weighted by atomic mass is 35.5. The van der Waals surface area contributed by atoms with Crippen LogP contribution in [0.5, 0.6) is 0 Å². The van der Waals surface area contributed by atoms with Gasteiger partial charge in [0.25, 0.3) is 5.91 Å². The van der Waals surface area contributed by atoms with Gasteiger partial charge in [-0.25, -0.2) is 9.97 Å². The molecule has 0 saturated carbocycles. The highest BCUT2D eigenvalue weighted by Crippen LogP contribution is 2.23. The second-order valence-corrected chi connectivity index (χ2v) is 5.85. The summed E-state index contributed by atoms with van der Waals surface area (Å²) in [5, 5.41) is 3.66. The van der Waals surface area contributed by atoms with E-state index in [4.69, 9.17) is 23.2 Å².